The van der Waals surface area contributed by atoms with Gasteiger partial charge in [-0.1, -0.05) is 30.9 Å². The van der Waals surface area contributed by atoms with E-state index >= 15 is 0 Å². The molecule has 1 saturated heterocycles. The van der Waals surface area contributed by atoms with Gasteiger partial charge in [0.2, 0.25) is 5.88 Å². The molecule has 3 aromatic heterocycles. The van der Waals surface area contributed by atoms with E-state index in [9.17, 15) is 8.42 Å². The fourth-order valence-electron chi connectivity index (χ4n) is 5.23. The minimum absolute atomic E-state index is 0.105. The van der Waals surface area contributed by atoms with Gasteiger partial charge in [-0.15, -0.1) is 0 Å². The number of nitrogens with zero attached hydrogens (tertiary/aromatic N) is 6. The molecule has 11 heteroatoms. The van der Waals surface area contributed by atoms with Crippen molar-refractivity contribution in [3.8, 4) is 17.3 Å². The van der Waals surface area contributed by atoms with Gasteiger partial charge in [-0.2, -0.15) is 5.10 Å². The van der Waals surface area contributed by atoms with Crippen molar-refractivity contribution in [1.29, 1.82) is 0 Å². The fraction of sp³-hybridized carbons (Fsp3) is 0.333. The van der Waals surface area contributed by atoms with E-state index in [0.29, 0.717) is 48.6 Å². The van der Waals surface area contributed by atoms with Crippen LogP contribution in [0.15, 0.2) is 62.1 Å². The van der Waals surface area contributed by atoms with E-state index in [2.05, 4.69) is 52.5 Å². The normalized spacial score (nSPS) is 16.8. The van der Waals surface area contributed by atoms with Gasteiger partial charge in [0.15, 0.2) is 5.82 Å². The molecule has 2 atom stereocenters. The van der Waals surface area contributed by atoms with Crippen LogP contribution in [0.5, 0.6) is 5.88 Å². The summed E-state index contributed by atoms with van der Waals surface area (Å²) in [7, 11) is -3.03. The van der Waals surface area contributed by atoms with E-state index in [1.54, 1.807) is 29.2 Å². The summed E-state index contributed by atoms with van der Waals surface area (Å²) in [5, 5.41) is 9.71. The molecule has 41 heavy (non-hydrogen) atoms. The van der Waals surface area contributed by atoms with Gasteiger partial charge in [0, 0.05) is 54.8 Å². The first kappa shape index (κ1) is 28.3. The quantitative estimate of drug-likeness (QED) is 0.244. The zero-order chi connectivity index (χ0) is 29.3. The molecular weight excluding hydrogens is 538 g/mol. The van der Waals surface area contributed by atoms with Crippen molar-refractivity contribution < 1.29 is 13.2 Å². The molecule has 5 rings (SSSR count). The van der Waals surface area contributed by atoms with Crippen molar-refractivity contribution in [3.05, 3.63) is 67.7 Å². The van der Waals surface area contributed by atoms with Crippen molar-refractivity contribution in [1.82, 2.24) is 24.7 Å². The van der Waals surface area contributed by atoms with Crippen LogP contribution in [0.3, 0.4) is 0 Å². The molecule has 0 unspecified atom stereocenters. The van der Waals surface area contributed by atoms with Crippen LogP contribution in [-0.2, 0) is 16.4 Å². The van der Waals surface area contributed by atoms with Gasteiger partial charge >= 0.3 is 0 Å². The molecule has 1 aliphatic heterocycles. The van der Waals surface area contributed by atoms with Crippen LogP contribution in [0, 0.1) is 5.92 Å². The van der Waals surface area contributed by atoms with Crippen LogP contribution in [0.4, 0.5) is 17.3 Å². The van der Waals surface area contributed by atoms with Gasteiger partial charge in [0.25, 0.3) is 0 Å². The Bertz CT molecular complexity index is 1730. The first-order valence-corrected chi connectivity index (χ1v) is 15.6. The first-order chi connectivity index (χ1) is 19.6. The fourth-order valence-corrected chi connectivity index (χ4v) is 6.40. The van der Waals surface area contributed by atoms with Gasteiger partial charge < -0.3 is 15.0 Å². The van der Waals surface area contributed by atoms with Gasteiger partial charge in [-0.05, 0) is 49.9 Å². The SMILES string of the molecule is C=CCOc1c(-c2nccc(Nc3cc4c(C(=C)C)ccc(N5C[C@H](CS(C)(=O)=O)[C@H]5C)c4cn3)n2)cnn1CC. The Hall–Kier alpha value is -4.25. The third-order valence-electron chi connectivity index (χ3n) is 7.35. The highest BCUT2D eigenvalue weighted by Crippen LogP contribution is 2.39. The summed E-state index contributed by atoms with van der Waals surface area (Å²) in [6.07, 6.45) is 8.22. The van der Waals surface area contributed by atoms with Gasteiger partial charge in [0.1, 0.15) is 33.6 Å². The molecule has 214 valence electrons. The lowest BCUT2D eigenvalue weighted by molar-refractivity contribution is 0.323. The number of aryl methyl sites for hydroxylation is 1. The predicted molar refractivity (Wildman–Crippen MR) is 164 cm³/mol. The third-order valence-corrected chi connectivity index (χ3v) is 8.38. The van der Waals surface area contributed by atoms with E-state index in [-0.39, 0.29) is 17.7 Å². The number of nitrogens with one attached hydrogen (secondary N) is 1. The average Bonchev–Trinajstić information content (AvgIpc) is 3.35. The number of sulfone groups is 1. The minimum Gasteiger partial charge on any atom is -0.473 e. The molecule has 0 bridgehead atoms. The Labute approximate surface area is 240 Å². The number of rotatable bonds is 11. The van der Waals surface area contributed by atoms with Gasteiger partial charge in [0.05, 0.1) is 11.9 Å². The molecule has 1 aliphatic rings. The van der Waals surface area contributed by atoms with Gasteiger partial charge in [-0.3, -0.25) is 0 Å². The number of anilines is 3. The molecule has 0 saturated carbocycles. The Morgan fingerprint density at radius 1 is 1.20 bits per heavy atom. The number of ether oxygens (including phenoxy) is 1. The number of pyridine rings is 1. The van der Waals surface area contributed by atoms with E-state index in [4.69, 9.17) is 14.7 Å². The maximum atomic E-state index is 11.8. The lowest BCUT2D eigenvalue weighted by atomic mass is 9.89. The standard InChI is InChI=1S/C30H35N7O3S/c1-7-13-40-30-25(16-33-37(30)8-2)29-31-12-11-27(35-29)34-28-14-23-22(19(3)4)9-10-26(24(23)15-32-28)36-17-21(20(36)5)18-41(6,38)39/h7,9-12,14-16,20-21H,1,3,8,13,17-18H2,2,4-6H3,(H,31,32,34,35)/t20-,21-/m1/s1. The number of fused-ring (bicyclic) bond motifs is 1. The zero-order valence-corrected chi connectivity index (χ0v) is 24.6. The smallest absolute Gasteiger partial charge is 0.223 e. The summed E-state index contributed by atoms with van der Waals surface area (Å²) in [6, 6.07) is 8.03. The van der Waals surface area contributed by atoms with Crippen LogP contribution in [0.2, 0.25) is 0 Å². The number of benzene rings is 1. The van der Waals surface area contributed by atoms with Crippen LogP contribution >= 0.6 is 0 Å². The molecule has 1 fully saturated rings. The summed E-state index contributed by atoms with van der Waals surface area (Å²) >= 11 is 0. The van der Waals surface area contributed by atoms with Crippen LogP contribution < -0.4 is 15.0 Å². The highest BCUT2D eigenvalue weighted by atomic mass is 32.2. The molecule has 4 heterocycles. The average molecular weight is 574 g/mol. The number of hydrogen-bond donors (Lipinski definition) is 1. The highest BCUT2D eigenvalue weighted by molar-refractivity contribution is 7.90. The molecule has 0 amide bonds. The zero-order valence-electron chi connectivity index (χ0n) is 23.8. The number of hydrogen-bond acceptors (Lipinski definition) is 9. The number of allylic oxidation sites excluding steroid dienone is 1. The summed E-state index contributed by atoms with van der Waals surface area (Å²) < 4.78 is 31.3. The van der Waals surface area contributed by atoms with Crippen LogP contribution in [0.1, 0.15) is 26.3 Å². The second-order valence-corrected chi connectivity index (χ2v) is 12.6. The Balaban J connectivity index is 1.45. The second-order valence-electron chi connectivity index (χ2n) is 10.4. The summed E-state index contributed by atoms with van der Waals surface area (Å²) in [5.74, 6) is 2.57. The highest BCUT2D eigenvalue weighted by Gasteiger charge is 2.38. The lowest BCUT2D eigenvalue weighted by Gasteiger charge is -2.48. The third kappa shape index (κ3) is 5.81. The Morgan fingerprint density at radius 3 is 2.68 bits per heavy atom. The molecular formula is C30H35N7O3S. The molecule has 0 spiro atoms. The predicted octanol–water partition coefficient (Wildman–Crippen LogP) is 5.12. The maximum Gasteiger partial charge on any atom is 0.223 e. The number of aromatic nitrogens is 5. The van der Waals surface area contributed by atoms with E-state index < -0.39 is 9.84 Å². The summed E-state index contributed by atoms with van der Waals surface area (Å²) in [5.41, 5.74) is 3.69. The monoisotopic (exact) mass is 573 g/mol. The van der Waals surface area contributed by atoms with E-state index in [0.717, 1.165) is 27.6 Å². The van der Waals surface area contributed by atoms with Gasteiger partial charge in [-0.25, -0.2) is 28.1 Å². The van der Waals surface area contributed by atoms with E-state index in [1.165, 1.54) is 6.26 Å². The second kappa shape index (κ2) is 11.3. The van der Waals surface area contributed by atoms with Crippen molar-refractivity contribution in [2.45, 2.75) is 33.4 Å². The topological polar surface area (TPSA) is 115 Å². The molecule has 0 radical (unpaired) electrons. The first-order valence-electron chi connectivity index (χ1n) is 13.5. The molecule has 10 nitrogen and oxygen atoms in total. The Morgan fingerprint density at radius 2 is 2.00 bits per heavy atom. The van der Waals surface area contributed by atoms with Crippen molar-refractivity contribution in [2.75, 3.05) is 35.4 Å². The van der Waals surface area contributed by atoms with Crippen molar-refractivity contribution in [2.24, 2.45) is 5.92 Å². The summed E-state index contributed by atoms with van der Waals surface area (Å²) in [4.78, 5) is 16.1. The lowest BCUT2D eigenvalue weighted by Crippen LogP contribution is -2.57. The minimum atomic E-state index is -3.03. The largest absolute Gasteiger partial charge is 0.473 e. The van der Waals surface area contributed by atoms with E-state index in [1.807, 2.05) is 26.1 Å². The van der Waals surface area contributed by atoms with Crippen molar-refractivity contribution in [3.63, 3.8) is 0 Å². The summed E-state index contributed by atoms with van der Waals surface area (Å²) in [6.45, 7) is 15.6. The van der Waals surface area contributed by atoms with Crippen LogP contribution in [0.25, 0.3) is 27.7 Å². The molecule has 0 aliphatic carbocycles. The Kier molecular flexibility index (Phi) is 7.81. The van der Waals surface area contributed by atoms with Crippen molar-refractivity contribution >= 4 is 43.5 Å². The maximum absolute atomic E-state index is 11.8. The molecule has 1 aromatic carbocycles. The molecule has 1 N–H and O–H groups in total. The molecule has 4 aromatic rings. The van der Waals surface area contributed by atoms with Crippen LogP contribution in [-0.4, -0.2) is 64.4 Å².